The zero-order chi connectivity index (χ0) is 11.9. The lowest BCUT2D eigenvalue weighted by atomic mass is 9.52. The fourth-order valence-electron chi connectivity index (χ4n) is 5.13. The number of rotatable bonds is 4. The highest BCUT2D eigenvalue weighted by molar-refractivity contribution is 4.99. The van der Waals surface area contributed by atoms with E-state index >= 15 is 0 Å². The smallest absolute Gasteiger partial charge is 0.0922 e. The Balaban J connectivity index is 1.35. The summed E-state index contributed by atoms with van der Waals surface area (Å²) < 4.78 is 0. The Kier molecular flexibility index (Phi) is 2.68. The topological polar surface area (TPSA) is 40.7 Å². The van der Waals surface area contributed by atoms with Crippen molar-refractivity contribution >= 4 is 0 Å². The van der Waals surface area contributed by atoms with Crippen molar-refractivity contribution in [1.82, 2.24) is 15.3 Å². The highest BCUT2D eigenvalue weighted by atomic mass is 14.9. The van der Waals surface area contributed by atoms with Gasteiger partial charge in [-0.1, -0.05) is 0 Å². The molecule has 4 aliphatic carbocycles. The molecule has 18 heavy (non-hydrogen) atoms. The molecular weight excluding hydrogens is 222 g/mol. The summed E-state index contributed by atoms with van der Waals surface area (Å²) >= 11 is 0. The van der Waals surface area contributed by atoms with Crippen molar-refractivity contribution in [3.8, 4) is 0 Å². The normalized spacial score (nSPS) is 41.4. The van der Waals surface area contributed by atoms with Gasteiger partial charge in [0.1, 0.15) is 0 Å². The third-order valence-electron chi connectivity index (χ3n) is 5.67. The second kappa shape index (κ2) is 4.37. The Bertz CT molecular complexity index is 370. The Labute approximate surface area is 109 Å². The van der Waals surface area contributed by atoms with E-state index in [1.165, 1.54) is 37.9 Å². The van der Waals surface area contributed by atoms with Gasteiger partial charge in [-0.2, -0.15) is 0 Å². The van der Waals surface area contributed by atoms with E-state index in [1.807, 2.05) is 6.20 Å². The standard InChI is InChI=1S/C15H23N3/c1-10-2-12-4-11(1)5-13(3-10)15(12)8-16-6-14-7-17-9-18-14/h7,9-13,15-16H,1-6,8H2,(H,17,18). The minimum Gasteiger partial charge on any atom is -0.347 e. The molecule has 0 aliphatic heterocycles. The quantitative estimate of drug-likeness (QED) is 0.856. The number of nitrogens with one attached hydrogen (secondary N) is 2. The Morgan fingerprint density at radius 3 is 2.44 bits per heavy atom. The first-order valence-corrected chi connectivity index (χ1v) is 7.56. The molecule has 3 nitrogen and oxygen atoms in total. The van der Waals surface area contributed by atoms with Crippen LogP contribution in [0.1, 0.15) is 37.8 Å². The molecule has 0 unspecified atom stereocenters. The van der Waals surface area contributed by atoms with E-state index in [0.29, 0.717) is 0 Å². The third kappa shape index (κ3) is 1.89. The molecule has 1 aromatic heterocycles. The number of H-pyrrole nitrogens is 1. The highest BCUT2D eigenvalue weighted by Crippen LogP contribution is 2.56. The molecule has 0 radical (unpaired) electrons. The molecule has 4 fully saturated rings. The van der Waals surface area contributed by atoms with E-state index in [4.69, 9.17) is 0 Å². The van der Waals surface area contributed by atoms with Crippen molar-refractivity contribution in [1.29, 1.82) is 0 Å². The predicted octanol–water partition coefficient (Wildman–Crippen LogP) is 2.57. The van der Waals surface area contributed by atoms with E-state index < -0.39 is 0 Å². The summed E-state index contributed by atoms with van der Waals surface area (Å²) in [5, 5.41) is 3.64. The van der Waals surface area contributed by atoms with Gasteiger partial charge >= 0.3 is 0 Å². The van der Waals surface area contributed by atoms with Crippen LogP contribution in [0.25, 0.3) is 0 Å². The lowest BCUT2D eigenvalue weighted by Crippen LogP contribution is -2.48. The molecule has 0 amide bonds. The maximum Gasteiger partial charge on any atom is 0.0922 e. The van der Waals surface area contributed by atoms with Crippen molar-refractivity contribution in [2.24, 2.45) is 29.6 Å². The number of aromatic amines is 1. The molecule has 3 heteroatoms. The van der Waals surface area contributed by atoms with Crippen LogP contribution in [0.5, 0.6) is 0 Å². The fraction of sp³-hybridized carbons (Fsp3) is 0.800. The Hall–Kier alpha value is -0.830. The lowest BCUT2D eigenvalue weighted by molar-refractivity contribution is -0.0355. The van der Waals surface area contributed by atoms with Crippen molar-refractivity contribution in [2.45, 2.75) is 38.6 Å². The molecule has 0 spiro atoms. The van der Waals surface area contributed by atoms with Gasteiger partial charge in [-0.25, -0.2) is 4.98 Å². The van der Waals surface area contributed by atoms with Gasteiger partial charge in [0.05, 0.1) is 6.33 Å². The summed E-state index contributed by atoms with van der Waals surface area (Å²) in [5.74, 6) is 5.22. The van der Waals surface area contributed by atoms with Gasteiger partial charge in [0, 0.05) is 18.4 Å². The van der Waals surface area contributed by atoms with Gasteiger partial charge in [0.15, 0.2) is 0 Å². The van der Waals surface area contributed by atoms with Crippen molar-refractivity contribution in [2.75, 3.05) is 6.54 Å². The van der Waals surface area contributed by atoms with Gasteiger partial charge in [0.25, 0.3) is 0 Å². The van der Waals surface area contributed by atoms with Crippen LogP contribution < -0.4 is 5.32 Å². The van der Waals surface area contributed by atoms with Crippen LogP contribution >= 0.6 is 0 Å². The number of hydrogen-bond donors (Lipinski definition) is 2. The Morgan fingerprint density at radius 1 is 1.11 bits per heavy atom. The van der Waals surface area contributed by atoms with Crippen LogP contribution in [0.3, 0.4) is 0 Å². The van der Waals surface area contributed by atoms with E-state index in [9.17, 15) is 0 Å². The first kappa shape index (κ1) is 11.0. The van der Waals surface area contributed by atoms with E-state index in [0.717, 1.165) is 36.1 Å². The van der Waals surface area contributed by atoms with Crippen LogP contribution in [-0.4, -0.2) is 16.5 Å². The van der Waals surface area contributed by atoms with Gasteiger partial charge in [0.2, 0.25) is 0 Å². The maximum absolute atomic E-state index is 4.07. The van der Waals surface area contributed by atoms with Gasteiger partial charge < -0.3 is 10.3 Å². The molecule has 98 valence electrons. The van der Waals surface area contributed by atoms with Gasteiger partial charge in [-0.3, -0.25) is 0 Å². The SMILES string of the molecule is c1ncc(CNCC2C3CC4CC(C3)CC2C4)[nH]1. The minimum absolute atomic E-state index is 0.947. The molecule has 1 heterocycles. The van der Waals surface area contributed by atoms with Crippen molar-refractivity contribution in [3.63, 3.8) is 0 Å². The zero-order valence-electron chi connectivity index (χ0n) is 10.9. The summed E-state index contributed by atoms with van der Waals surface area (Å²) in [6.07, 6.45) is 11.4. The summed E-state index contributed by atoms with van der Waals surface area (Å²) in [4.78, 5) is 7.23. The second-order valence-electron chi connectivity index (χ2n) is 6.80. The summed E-state index contributed by atoms with van der Waals surface area (Å²) in [5.41, 5.74) is 1.21. The van der Waals surface area contributed by atoms with Crippen LogP contribution in [0.2, 0.25) is 0 Å². The summed E-state index contributed by atoms with van der Waals surface area (Å²) in [6.45, 7) is 2.16. The lowest BCUT2D eigenvalue weighted by Gasteiger charge is -2.54. The van der Waals surface area contributed by atoms with Crippen LogP contribution in [-0.2, 0) is 6.54 Å². The fourth-order valence-corrected chi connectivity index (χ4v) is 5.13. The molecule has 0 aromatic carbocycles. The number of hydrogen-bond acceptors (Lipinski definition) is 2. The molecule has 5 rings (SSSR count). The molecule has 0 atom stereocenters. The molecule has 1 aromatic rings. The van der Waals surface area contributed by atoms with E-state index in [1.54, 1.807) is 12.7 Å². The first-order valence-electron chi connectivity index (χ1n) is 7.56. The second-order valence-corrected chi connectivity index (χ2v) is 6.80. The summed E-state index contributed by atoms with van der Waals surface area (Å²) in [7, 11) is 0. The molecular formula is C15H23N3. The van der Waals surface area contributed by atoms with Crippen molar-refractivity contribution < 1.29 is 0 Å². The van der Waals surface area contributed by atoms with Crippen LogP contribution in [0.15, 0.2) is 12.5 Å². The monoisotopic (exact) mass is 245 g/mol. The van der Waals surface area contributed by atoms with E-state index in [2.05, 4.69) is 15.3 Å². The first-order chi connectivity index (χ1) is 8.88. The van der Waals surface area contributed by atoms with Crippen LogP contribution in [0, 0.1) is 29.6 Å². The van der Waals surface area contributed by atoms with Gasteiger partial charge in [-0.15, -0.1) is 0 Å². The number of imidazole rings is 1. The van der Waals surface area contributed by atoms with Gasteiger partial charge in [-0.05, 0) is 68.2 Å². The van der Waals surface area contributed by atoms with E-state index in [-0.39, 0.29) is 0 Å². The molecule has 4 bridgehead atoms. The minimum atomic E-state index is 0.947. The molecule has 0 saturated heterocycles. The average molecular weight is 245 g/mol. The Morgan fingerprint density at radius 2 is 1.83 bits per heavy atom. The highest BCUT2D eigenvalue weighted by Gasteiger charge is 2.47. The molecule has 4 aliphatic rings. The average Bonchev–Trinajstić information content (AvgIpc) is 2.85. The third-order valence-corrected chi connectivity index (χ3v) is 5.67. The zero-order valence-corrected chi connectivity index (χ0v) is 10.9. The number of aromatic nitrogens is 2. The molecule has 4 saturated carbocycles. The molecule has 2 N–H and O–H groups in total. The largest absolute Gasteiger partial charge is 0.347 e. The maximum atomic E-state index is 4.07. The predicted molar refractivity (Wildman–Crippen MR) is 70.8 cm³/mol. The van der Waals surface area contributed by atoms with Crippen molar-refractivity contribution in [3.05, 3.63) is 18.2 Å². The summed E-state index contributed by atoms with van der Waals surface area (Å²) in [6, 6.07) is 0. The van der Waals surface area contributed by atoms with Crippen LogP contribution in [0.4, 0.5) is 0 Å². The number of nitrogens with zero attached hydrogens (tertiary/aromatic N) is 1.